The molecule has 33 heavy (non-hydrogen) atoms. The van der Waals surface area contributed by atoms with Gasteiger partial charge in [-0.2, -0.15) is 0 Å². The molecule has 176 valence electrons. The first kappa shape index (κ1) is 23.0. The van der Waals surface area contributed by atoms with Crippen LogP contribution in [-0.2, 0) is 9.59 Å². The number of benzene rings is 1. The quantitative estimate of drug-likeness (QED) is 0.219. The van der Waals surface area contributed by atoms with Crippen LogP contribution >= 0.6 is 0 Å². The zero-order chi connectivity index (χ0) is 23.4. The van der Waals surface area contributed by atoms with Crippen LogP contribution in [0.3, 0.4) is 0 Å². The second-order valence-corrected chi connectivity index (χ2v) is 17.2. The summed E-state index contributed by atoms with van der Waals surface area (Å²) in [5, 5.41) is 1.44. The van der Waals surface area contributed by atoms with Crippen molar-refractivity contribution in [3.8, 4) is 0 Å². The molecule has 0 bridgehead atoms. The van der Waals surface area contributed by atoms with E-state index in [4.69, 9.17) is 0 Å². The van der Waals surface area contributed by atoms with Gasteiger partial charge in [0, 0.05) is 12.8 Å². The highest BCUT2D eigenvalue weighted by atomic mass is 28.3. The molecule has 0 spiro atoms. The average Bonchev–Trinajstić information content (AvgIpc) is 3.16. The predicted octanol–water partition coefficient (Wildman–Crippen LogP) is 6.63. The Bertz CT molecular complexity index is 1020. The molecule has 5 rings (SSSR count). The lowest BCUT2D eigenvalue weighted by Crippen LogP contribution is -2.49. The van der Waals surface area contributed by atoms with Gasteiger partial charge in [0.25, 0.3) is 0 Å². The van der Waals surface area contributed by atoms with Crippen LogP contribution in [0.4, 0.5) is 0 Å². The molecule has 0 amide bonds. The van der Waals surface area contributed by atoms with Crippen molar-refractivity contribution in [1.29, 1.82) is 0 Å². The lowest BCUT2D eigenvalue weighted by molar-refractivity contribution is -0.122. The summed E-state index contributed by atoms with van der Waals surface area (Å²) in [6, 6.07) is 11.8. The van der Waals surface area contributed by atoms with E-state index in [1.165, 1.54) is 41.9 Å². The molecule has 0 N–H and O–H groups in total. The normalized spacial score (nSPS) is 37.5. The molecule has 3 saturated carbocycles. The minimum Gasteiger partial charge on any atom is -0.299 e. The van der Waals surface area contributed by atoms with Crippen LogP contribution in [0.15, 0.2) is 53.1 Å². The average molecular weight is 461 g/mol. The zero-order valence-corrected chi connectivity index (χ0v) is 22.0. The molecule has 0 heterocycles. The van der Waals surface area contributed by atoms with E-state index in [-0.39, 0.29) is 10.8 Å². The maximum atomic E-state index is 12.5. The number of hydrogen-bond donors (Lipinski definition) is 0. The van der Waals surface area contributed by atoms with Gasteiger partial charge >= 0.3 is 0 Å². The van der Waals surface area contributed by atoms with Gasteiger partial charge in [-0.25, -0.2) is 0 Å². The molecule has 0 radical (unpaired) electrons. The molecule has 0 aliphatic heterocycles. The first-order valence-electron chi connectivity index (χ1n) is 13.1. The molecular formula is C30H40O2Si. The highest BCUT2D eigenvalue weighted by Crippen LogP contribution is 2.66. The predicted molar refractivity (Wildman–Crippen MR) is 138 cm³/mol. The third-order valence-corrected chi connectivity index (χ3v) is 13.6. The standard InChI is InChI=1S/C30H40O2Si/c1-29-16-14-23(32)18-22(29)10-11-25-27-13-12-26(30(27,2)17-15-28(25)29)21(19-31)20-33(3,4)24-8-6-5-7-9-24/h5-10,19,25,27-28H,11-18,20H2,1-4H3/b26-21+/t25-,27-,28-,29-,30+/m0/s1. The van der Waals surface area contributed by atoms with Gasteiger partial charge in [0.2, 0.25) is 0 Å². The Kier molecular flexibility index (Phi) is 5.71. The molecule has 0 unspecified atom stereocenters. The summed E-state index contributed by atoms with van der Waals surface area (Å²) in [5.74, 6) is 2.52. The zero-order valence-electron chi connectivity index (χ0n) is 21.0. The summed E-state index contributed by atoms with van der Waals surface area (Å²) in [6.45, 7) is 9.78. The van der Waals surface area contributed by atoms with E-state index in [2.05, 4.69) is 63.3 Å². The molecule has 1 aromatic carbocycles. The number of Topliss-reactive ketones (excluding diaryl/α,β-unsaturated/α-hetero) is 1. The maximum Gasteiger partial charge on any atom is 0.145 e. The first-order valence-corrected chi connectivity index (χ1v) is 16.3. The highest BCUT2D eigenvalue weighted by Gasteiger charge is 2.57. The van der Waals surface area contributed by atoms with Gasteiger partial charge in [-0.3, -0.25) is 9.59 Å². The fourth-order valence-electron chi connectivity index (χ4n) is 8.50. The van der Waals surface area contributed by atoms with Gasteiger partial charge in [-0.15, -0.1) is 0 Å². The second kappa shape index (κ2) is 8.18. The topological polar surface area (TPSA) is 34.1 Å². The number of rotatable bonds is 4. The van der Waals surface area contributed by atoms with E-state index in [1.807, 2.05) is 0 Å². The SMILES string of the molecule is C[C@]12CCC(=O)CC1=CC[C@@H]1[C@@H]2CC[C@]2(C)/C(=C(\C=O)C[Si](C)(C)c3ccccc3)CC[C@@H]12. The monoisotopic (exact) mass is 460 g/mol. The van der Waals surface area contributed by atoms with E-state index >= 15 is 0 Å². The summed E-state index contributed by atoms with van der Waals surface area (Å²) in [7, 11) is -1.73. The molecule has 5 atom stereocenters. The van der Waals surface area contributed by atoms with Crippen LogP contribution in [0.5, 0.6) is 0 Å². The summed E-state index contributed by atoms with van der Waals surface area (Å²) >= 11 is 0. The number of aldehydes is 1. The maximum absolute atomic E-state index is 12.5. The van der Waals surface area contributed by atoms with E-state index in [0.717, 1.165) is 37.3 Å². The van der Waals surface area contributed by atoms with Gasteiger partial charge in [0.05, 0.1) is 8.07 Å². The molecule has 3 fully saturated rings. The molecule has 3 heteroatoms. The minimum atomic E-state index is -1.73. The Morgan fingerprint density at radius 1 is 1.03 bits per heavy atom. The Morgan fingerprint density at radius 3 is 2.48 bits per heavy atom. The van der Waals surface area contributed by atoms with Gasteiger partial charge in [0.15, 0.2) is 0 Å². The van der Waals surface area contributed by atoms with Gasteiger partial charge < -0.3 is 0 Å². The second-order valence-electron chi connectivity index (χ2n) is 12.5. The number of carbonyl (C=O) groups is 2. The molecule has 2 nitrogen and oxygen atoms in total. The lowest BCUT2D eigenvalue weighted by atomic mass is 9.48. The molecule has 0 saturated heterocycles. The van der Waals surface area contributed by atoms with Crippen LogP contribution in [-0.4, -0.2) is 20.1 Å². The van der Waals surface area contributed by atoms with E-state index in [1.54, 1.807) is 0 Å². The fourth-order valence-corrected chi connectivity index (χ4v) is 11.1. The van der Waals surface area contributed by atoms with Crippen molar-refractivity contribution in [1.82, 2.24) is 0 Å². The molecule has 1 aromatic rings. The number of hydrogen-bond acceptors (Lipinski definition) is 2. The van der Waals surface area contributed by atoms with Gasteiger partial charge in [0.1, 0.15) is 12.1 Å². The number of carbonyl (C=O) groups excluding carboxylic acids is 2. The third-order valence-electron chi connectivity index (χ3n) is 10.4. The third kappa shape index (κ3) is 3.66. The summed E-state index contributed by atoms with van der Waals surface area (Å²) < 4.78 is 0. The fraction of sp³-hybridized carbons (Fsp3) is 0.600. The van der Waals surface area contributed by atoms with Crippen molar-refractivity contribution in [2.45, 2.75) is 84.4 Å². The van der Waals surface area contributed by atoms with Crippen molar-refractivity contribution < 1.29 is 9.59 Å². The molecular weight excluding hydrogens is 420 g/mol. The van der Waals surface area contributed by atoms with Crippen LogP contribution in [0.2, 0.25) is 19.1 Å². The number of allylic oxidation sites excluding steroid dienone is 4. The van der Waals surface area contributed by atoms with Crippen LogP contribution in [0.1, 0.15) is 65.2 Å². The Hall–Kier alpha value is -1.74. The van der Waals surface area contributed by atoms with Crippen LogP contribution < -0.4 is 5.19 Å². The molecule has 4 aliphatic carbocycles. The van der Waals surface area contributed by atoms with Crippen LogP contribution in [0, 0.1) is 28.6 Å². The van der Waals surface area contributed by atoms with Crippen molar-refractivity contribution in [2.24, 2.45) is 28.6 Å². The van der Waals surface area contributed by atoms with Gasteiger partial charge in [-0.05, 0) is 78.7 Å². The smallest absolute Gasteiger partial charge is 0.145 e. The van der Waals surface area contributed by atoms with Crippen LogP contribution in [0.25, 0.3) is 0 Å². The number of fused-ring (bicyclic) bond motifs is 5. The summed E-state index contributed by atoms with van der Waals surface area (Å²) in [4.78, 5) is 24.6. The van der Waals surface area contributed by atoms with E-state index < -0.39 is 8.07 Å². The van der Waals surface area contributed by atoms with Crippen molar-refractivity contribution in [2.75, 3.05) is 0 Å². The minimum absolute atomic E-state index is 0.171. The van der Waals surface area contributed by atoms with Gasteiger partial charge in [-0.1, -0.05) is 79.7 Å². The first-order chi connectivity index (χ1) is 15.7. The highest BCUT2D eigenvalue weighted by molar-refractivity contribution is 6.90. The Balaban J connectivity index is 1.45. The summed E-state index contributed by atoms with van der Waals surface area (Å²) in [6.07, 6.45) is 12.1. The largest absolute Gasteiger partial charge is 0.299 e. The van der Waals surface area contributed by atoms with E-state index in [9.17, 15) is 9.59 Å². The van der Waals surface area contributed by atoms with E-state index in [0.29, 0.717) is 30.0 Å². The molecule has 4 aliphatic rings. The Labute approximate surface area is 200 Å². The lowest BCUT2D eigenvalue weighted by Gasteiger charge is -2.57. The number of ketones is 1. The summed E-state index contributed by atoms with van der Waals surface area (Å²) in [5.41, 5.74) is 4.46. The van der Waals surface area contributed by atoms with Crippen molar-refractivity contribution >= 4 is 25.3 Å². The van der Waals surface area contributed by atoms with Crippen molar-refractivity contribution in [3.05, 3.63) is 53.1 Å². The Morgan fingerprint density at radius 2 is 1.76 bits per heavy atom. The molecule has 0 aromatic heterocycles. The van der Waals surface area contributed by atoms with Crippen molar-refractivity contribution in [3.63, 3.8) is 0 Å².